The fourth-order valence-electron chi connectivity index (χ4n) is 3.87. The summed E-state index contributed by atoms with van der Waals surface area (Å²) in [5.74, 6) is -7.36. The number of amides is 2. The Morgan fingerprint density at radius 3 is 2.14 bits per heavy atom. The van der Waals surface area contributed by atoms with E-state index >= 15 is 0 Å². The highest BCUT2D eigenvalue weighted by Crippen LogP contribution is 2.44. The maximum absolute atomic E-state index is 13.2. The van der Waals surface area contributed by atoms with E-state index in [0.717, 1.165) is 22.3 Å². The molecule has 0 bridgehead atoms. The van der Waals surface area contributed by atoms with Gasteiger partial charge in [0.15, 0.2) is 0 Å². The number of hydrogen-bond donors (Lipinski definition) is 3. The quantitative estimate of drug-likeness (QED) is 0.332. The summed E-state index contributed by atoms with van der Waals surface area (Å²) < 4.78 is 32.3. The average molecular weight is 592 g/mol. The van der Waals surface area contributed by atoms with Crippen molar-refractivity contribution >= 4 is 46.2 Å². The number of nitrogens with one attached hydrogen (secondary N) is 2. The maximum Gasteiger partial charge on any atom is 0.411 e. The summed E-state index contributed by atoms with van der Waals surface area (Å²) in [6.07, 6.45) is -0.678. The Morgan fingerprint density at radius 1 is 0.971 bits per heavy atom. The third-order valence-electron chi connectivity index (χ3n) is 5.60. The normalized spacial score (nSPS) is 12.4. The van der Waals surface area contributed by atoms with E-state index < -0.39 is 30.4 Å². The van der Waals surface area contributed by atoms with Gasteiger partial charge in [-0.1, -0.05) is 48.5 Å². The molecule has 1 aliphatic carbocycles. The Balaban J connectivity index is 1.38. The van der Waals surface area contributed by atoms with Gasteiger partial charge in [0.25, 0.3) is 5.91 Å². The number of fused-ring (bicyclic) bond motifs is 3. The Morgan fingerprint density at radius 2 is 1.57 bits per heavy atom. The zero-order valence-corrected chi connectivity index (χ0v) is 20.2. The number of carbonyl (C=O) groups excluding carboxylic acids is 2. The minimum atomic E-state index is -4.07. The fraction of sp³-hybridized carbons (Fsp3) is 0.160. The highest BCUT2D eigenvalue weighted by molar-refractivity contribution is 14.1. The lowest BCUT2D eigenvalue weighted by molar-refractivity contribution is -0.163. The first-order valence-electron chi connectivity index (χ1n) is 10.5. The minimum Gasteiger partial charge on any atom is -0.477 e. The molecular formula is C25H19F2IN2O5. The van der Waals surface area contributed by atoms with Crippen molar-refractivity contribution in [3.8, 4) is 11.1 Å². The Kier molecular flexibility index (Phi) is 7.01. The minimum absolute atomic E-state index is 0.0358. The monoisotopic (exact) mass is 592 g/mol. The van der Waals surface area contributed by atoms with Crippen molar-refractivity contribution in [2.45, 2.75) is 11.8 Å². The molecule has 0 fully saturated rings. The van der Waals surface area contributed by atoms with Crippen LogP contribution >= 0.6 is 22.6 Å². The van der Waals surface area contributed by atoms with E-state index in [2.05, 4.69) is 5.32 Å². The predicted octanol–water partition coefficient (Wildman–Crippen LogP) is 5.10. The molecule has 0 unspecified atom stereocenters. The lowest BCUT2D eigenvalue weighted by Gasteiger charge is -2.15. The van der Waals surface area contributed by atoms with Crippen molar-refractivity contribution in [1.29, 1.82) is 0 Å². The molecule has 0 atom stereocenters. The molecule has 4 rings (SSSR count). The molecule has 0 aliphatic heterocycles. The molecule has 3 aromatic carbocycles. The fourth-order valence-corrected chi connectivity index (χ4v) is 4.52. The van der Waals surface area contributed by atoms with E-state index in [1.165, 1.54) is 18.2 Å². The number of alkyl halides is 2. The van der Waals surface area contributed by atoms with Crippen LogP contribution in [0.5, 0.6) is 0 Å². The average Bonchev–Trinajstić information content (AvgIpc) is 3.16. The van der Waals surface area contributed by atoms with Crippen LogP contribution in [0.3, 0.4) is 0 Å². The summed E-state index contributed by atoms with van der Waals surface area (Å²) in [4.78, 5) is 35.1. The lowest BCUT2D eigenvalue weighted by Crippen LogP contribution is -2.42. The zero-order valence-electron chi connectivity index (χ0n) is 18.1. The third-order valence-corrected chi connectivity index (χ3v) is 6.49. The molecule has 180 valence electrons. The van der Waals surface area contributed by atoms with Crippen molar-refractivity contribution in [3.05, 3.63) is 87.0 Å². The van der Waals surface area contributed by atoms with Gasteiger partial charge < -0.3 is 15.2 Å². The van der Waals surface area contributed by atoms with Crippen LogP contribution in [0.15, 0.2) is 66.7 Å². The number of halogens is 3. The van der Waals surface area contributed by atoms with E-state index in [1.807, 2.05) is 76.4 Å². The maximum atomic E-state index is 13.2. The lowest BCUT2D eigenvalue weighted by atomic mass is 9.98. The molecule has 0 heterocycles. The first kappa shape index (κ1) is 24.6. The molecular weight excluding hydrogens is 573 g/mol. The second-order valence-corrected chi connectivity index (χ2v) is 9.00. The third kappa shape index (κ3) is 5.26. The topological polar surface area (TPSA) is 105 Å². The van der Waals surface area contributed by atoms with E-state index in [-0.39, 0.29) is 18.1 Å². The van der Waals surface area contributed by atoms with Gasteiger partial charge in [-0.05, 0) is 63.0 Å². The van der Waals surface area contributed by atoms with Gasteiger partial charge in [0.2, 0.25) is 0 Å². The zero-order chi connectivity index (χ0) is 25.2. The number of aliphatic carboxylic acids is 1. The molecule has 0 radical (unpaired) electrons. The van der Waals surface area contributed by atoms with Gasteiger partial charge in [-0.3, -0.25) is 10.1 Å². The van der Waals surface area contributed by atoms with Crippen LogP contribution in [0.25, 0.3) is 11.1 Å². The highest BCUT2D eigenvalue weighted by atomic mass is 127. The second kappa shape index (κ2) is 9.98. The molecule has 0 saturated carbocycles. The van der Waals surface area contributed by atoms with Gasteiger partial charge >= 0.3 is 18.0 Å². The molecule has 7 nitrogen and oxygen atoms in total. The number of ether oxygens (including phenoxy) is 1. The second-order valence-electron chi connectivity index (χ2n) is 7.84. The van der Waals surface area contributed by atoms with Crippen LogP contribution in [0.2, 0.25) is 0 Å². The van der Waals surface area contributed by atoms with Crippen molar-refractivity contribution in [3.63, 3.8) is 0 Å². The molecule has 0 saturated heterocycles. The molecule has 35 heavy (non-hydrogen) atoms. The Labute approximate surface area is 212 Å². The molecule has 3 N–H and O–H groups in total. The van der Waals surface area contributed by atoms with E-state index in [0.29, 0.717) is 9.26 Å². The van der Waals surface area contributed by atoms with Crippen LogP contribution < -0.4 is 10.6 Å². The Hall–Kier alpha value is -3.54. The van der Waals surface area contributed by atoms with Crippen LogP contribution in [0.4, 0.5) is 19.3 Å². The first-order valence-corrected chi connectivity index (χ1v) is 11.6. The predicted molar refractivity (Wildman–Crippen MR) is 133 cm³/mol. The number of carbonyl (C=O) groups is 3. The van der Waals surface area contributed by atoms with Crippen molar-refractivity contribution in [2.75, 3.05) is 18.5 Å². The van der Waals surface area contributed by atoms with Gasteiger partial charge in [0.05, 0.1) is 12.2 Å². The summed E-state index contributed by atoms with van der Waals surface area (Å²) in [5.41, 5.74) is 4.80. The molecule has 1 aliphatic rings. The van der Waals surface area contributed by atoms with Crippen LogP contribution in [0, 0.1) is 3.57 Å². The van der Waals surface area contributed by atoms with Crippen LogP contribution in [-0.2, 0) is 9.53 Å². The summed E-state index contributed by atoms with van der Waals surface area (Å²) in [6.45, 7) is -1.20. The van der Waals surface area contributed by atoms with E-state index in [9.17, 15) is 23.2 Å². The summed E-state index contributed by atoms with van der Waals surface area (Å²) in [6, 6.07) is 20.1. The van der Waals surface area contributed by atoms with Crippen LogP contribution in [0.1, 0.15) is 27.4 Å². The number of hydrogen-bond acceptors (Lipinski definition) is 4. The number of carboxylic acids is 1. The number of rotatable bonds is 7. The van der Waals surface area contributed by atoms with Gasteiger partial charge in [0.1, 0.15) is 6.61 Å². The van der Waals surface area contributed by atoms with E-state index in [1.54, 1.807) is 0 Å². The van der Waals surface area contributed by atoms with Gasteiger partial charge in [-0.25, -0.2) is 9.59 Å². The molecule has 3 aromatic rings. The van der Waals surface area contributed by atoms with E-state index in [4.69, 9.17) is 9.84 Å². The SMILES string of the molecule is O=C(Nc1ccc(C(=O)NCC(F)(F)C(=O)O)cc1I)OCC1c2ccccc2-c2ccccc21. The number of benzene rings is 3. The van der Waals surface area contributed by atoms with Gasteiger partial charge in [0, 0.05) is 15.1 Å². The van der Waals surface area contributed by atoms with Crippen molar-refractivity contribution in [2.24, 2.45) is 0 Å². The highest BCUT2D eigenvalue weighted by Gasteiger charge is 2.39. The largest absolute Gasteiger partial charge is 0.477 e. The van der Waals surface area contributed by atoms with Crippen molar-refractivity contribution in [1.82, 2.24) is 5.32 Å². The molecule has 0 spiro atoms. The summed E-state index contributed by atoms with van der Waals surface area (Å²) in [5, 5.41) is 13.0. The van der Waals surface area contributed by atoms with Crippen molar-refractivity contribution < 1.29 is 33.0 Å². The number of carboxylic acid groups (broad SMARTS) is 1. The van der Waals surface area contributed by atoms with Gasteiger partial charge in [-0.2, -0.15) is 8.78 Å². The summed E-state index contributed by atoms with van der Waals surface area (Å²) >= 11 is 1.88. The smallest absolute Gasteiger partial charge is 0.411 e. The van der Waals surface area contributed by atoms with Crippen LogP contribution in [-0.4, -0.2) is 42.2 Å². The van der Waals surface area contributed by atoms with Gasteiger partial charge in [-0.15, -0.1) is 0 Å². The molecule has 0 aromatic heterocycles. The number of anilines is 1. The molecule has 2 amide bonds. The Bertz CT molecular complexity index is 1270. The summed E-state index contributed by atoms with van der Waals surface area (Å²) in [7, 11) is 0. The standard InChI is InChI=1S/C25H19F2IN2O5/c26-25(27,23(32)33)13-29-22(31)14-9-10-21(20(28)11-14)30-24(34)35-12-19-17-7-3-1-5-15(17)16-6-2-4-8-18(16)19/h1-11,19H,12-13H2,(H,29,31)(H,30,34)(H,32,33). The molecule has 10 heteroatoms. The first-order chi connectivity index (χ1) is 16.7.